The van der Waals surface area contributed by atoms with Crippen LogP contribution in [0.15, 0.2) is 29.4 Å². The summed E-state index contributed by atoms with van der Waals surface area (Å²) in [5.41, 5.74) is -0.131. The summed E-state index contributed by atoms with van der Waals surface area (Å²) in [4.78, 5) is 9.84. The van der Waals surface area contributed by atoms with Crippen LogP contribution in [0.4, 0.5) is 20.3 Å². The Morgan fingerprint density at radius 1 is 1.18 bits per heavy atom. The van der Waals surface area contributed by atoms with Crippen molar-refractivity contribution in [3.05, 3.63) is 29.2 Å². The van der Waals surface area contributed by atoms with E-state index < -0.39 is 5.34 Å². The molecule has 3 nitrogen and oxygen atoms in total. The largest absolute Gasteiger partial charge is 0.145 e. The van der Waals surface area contributed by atoms with Crippen molar-refractivity contribution in [2.45, 2.75) is 0 Å². The Morgan fingerprint density at radius 2 is 1.73 bits per heavy atom. The van der Waals surface area contributed by atoms with Gasteiger partial charge in [-0.3, -0.25) is 0 Å². The number of rotatable bonds is 2. The summed E-state index contributed by atoms with van der Waals surface area (Å²) in [7, 11) is 0. The van der Waals surface area contributed by atoms with Crippen LogP contribution in [0.5, 0.6) is 0 Å². The Labute approximate surface area is 61.1 Å². The van der Waals surface area contributed by atoms with Crippen molar-refractivity contribution < 1.29 is 8.96 Å². The molecule has 1 rings (SSSR count). The lowest BCUT2D eigenvalue weighted by Crippen LogP contribution is -1.93. The summed E-state index contributed by atoms with van der Waals surface area (Å²) in [6.45, 7) is 0. The second-order valence-electron chi connectivity index (χ2n) is 1.84. The molecule has 0 unspecified atom stereocenters. The Bertz CT molecular complexity index is 247. The van der Waals surface area contributed by atoms with Crippen LogP contribution >= 0.6 is 0 Å². The van der Waals surface area contributed by atoms with E-state index in [0.29, 0.717) is 0 Å². The lowest BCUT2D eigenvalue weighted by molar-refractivity contribution is 0.235. The SMILES string of the molecule is O=Nc1ccc(N(F)F)cc1. The molecule has 0 fully saturated rings. The maximum absolute atomic E-state index is 11.7. The molecular weight excluding hydrogens is 154 g/mol. The van der Waals surface area contributed by atoms with Crippen LogP contribution in [0.2, 0.25) is 0 Å². The van der Waals surface area contributed by atoms with Crippen molar-refractivity contribution in [2.24, 2.45) is 5.18 Å². The Morgan fingerprint density at radius 3 is 2.09 bits per heavy atom. The number of anilines is 1. The molecule has 0 spiro atoms. The van der Waals surface area contributed by atoms with Gasteiger partial charge < -0.3 is 0 Å². The van der Waals surface area contributed by atoms with E-state index in [1.54, 1.807) is 0 Å². The predicted molar refractivity (Wildman–Crippen MR) is 36.6 cm³/mol. The summed E-state index contributed by atoms with van der Waals surface area (Å²) < 4.78 is 23.5. The summed E-state index contributed by atoms with van der Waals surface area (Å²) in [5, 5.41) is 1.52. The normalized spacial score (nSPS) is 9.27. The third kappa shape index (κ3) is 1.70. The van der Waals surface area contributed by atoms with Gasteiger partial charge in [0, 0.05) is 0 Å². The highest BCUT2D eigenvalue weighted by Crippen LogP contribution is 2.19. The highest BCUT2D eigenvalue weighted by Gasteiger charge is 2.01. The van der Waals surface area contributed by atoms with Gasteiger partial charge >= 0.3 is 0 Å². The minimum absolute atomic E-state index is 0.135. The van der Waals surface area contributed by atoms with Crippen molar-refractivity contribution >= 4 is 11.4 Å². The molecule has 0 saturated heterocycles. The fourth-order valence-corrected chi connectivity index (χ4v) is 0.626. The fraction of sp³-hybridized carbons (Fsp3) is 0. The van der Waals surface area contributed by atoms with Crippen LogP contribution in [0.25, 0.3) is 0 Å². The summed E-state index contributed by atoms with van der Waals surface area (Å²) in [5.74, 6) is 0. The van der Waals surface area contributed by atoms with Crippen molar-refractivity contribution in [3.63, 3.8) is 0 Å². The zero-order valence-electron chi connectivity index (χ0n) is 5.37. The van der Waals surface area contributed by atoms with Gasteiger partial charge in [-0.1, -0.05) is 8.96 Å². The molecule has 0 atom stereocenters. The monoisotopic (exact) mass is 158 g/mol. The van der Waals surface area contributed by atoms with Gasteiger partial charge in [0.25, 0.3) is 0 Å². The van der Waals surface area contributed by atoms with Crippen molar-refractivity contribution in [1.82, 2.24) is 0 Å². The number of halogens is 2. The predicted octanol–water partition coefficient (Wildman–Crippen LogP) is 2.66. The third-order valence-electron chi connectivity index (χ3n) is 1.15. The molecule has 0 saturated carbocycles. The van der Waals surface area contributed by atoms with Crippen LogP contribution in [-0.4, -0.2) is 0 Å². The highest BCUT2D eigenvalue weighted by molar-refractivity contribution is 5.49. The second-order valence-corrected chi connectivity index (χ2v) is 1.84. The smallest absolute Gasteiger partial charge is 0.108 e. The van der Waals surface area contributed by atoms with Gasteiger partial charge in [-0.25, -0.2) is 0 Å². The molecule has 0 aromatic heterocycles. The molecular formula is C6H4F2N2O. The molecule has 1 aromatic rings. The van der Waals surface area contributed by atoms with E-state index in [0.717, 1.165) is 12.1 Å². The van der Waals surface area contributed by atoms with E-state index in [4.69, 9.17) is 0 Å². The van der Waals surface area contributed by atoms with Gasteiger partial charge in [0.15, 0.2) is 0 Å². The van der Waals surface area contributed by atoms with Gasteiger partial charge in [0.2, 0.25) is 0 Å². The van der Waals surface area contributed by atoms with Crippen LogP contribution in [-0.2, 0) is 0 Å². The number of hydrogen-bond acceptors (Lipinski definition) is 3. The van der Waals surface area contributed by atoms with Crippen molar-refractivity contribution in [3.8, 4) is 0 Å². The third-order valence-corrected chi connectivity index (χ3v) is 1.15. The minimum atomic E-state index is -1.03. The van der Waals surface area contributed by atoms with E-state index in [1.165, 1.54) is 12.1 Å². The number of nitroso groups, excluding NO2 is 1. The zero-order chi connectivity index (χ0) is 8.27. The second kappa shape index (κ2) is 3.05. The van der Waals surface area contributed by atoms with Crippen LogP contribution in [0.3, 0.4) is 0 Å². The lowest BCUT2D eigenvalue weighted by atomic mass is 10.3. The quantitative estimate of drug-likeness (QED) is 0.489. The summed E-state index contributed by atoms with van der Waals surface area (Å²) >= 11 is 0. The van der Waals surface area contributed by atoms with Crippen LogP contribution in [0.1, 0.15) is 0 Å². The summed E-state index contributed by atoms with van der Waals surface area (Å²) in [6, 6.07) is 4.65. The number of nitrogens with zero attached hydrogens (tertiary/aromatic N) is 2. The molecule has 0 aliphatic carbocycles. The molecule has 11 heavy (non-hydrogen) atoms. The molecule has 0 aliphatic heterocycles. The van der Waals surface area contributed by atoms with E-state index in [2.05, 4.69) is 5.18 Å². The molecule has 0 N–H and O–H groups in total. The molecule has 5 heteroatoms. The highest BCUT2D eigenvalue weighted by atomic mass is 19.4. The first-order chi connectivity index (χ1) is 5.24. The molecule has 0 bridgehead atoms. The van der Waals surface area contributed by atoms with E-state index >= 15 is 0 Å². The number of hydrogen-bond donors (Lipinski definition) is 0. The van der Waals surface area contributed by atoms with Gasteiger partial charge in [0.05, 0.1) is 0 Å². The molecule has 1 aromatic carbocycles. The number of benzene rings is 1. The first-order valence-corrected chi connectivity index (χ1v) is 2.79. The van der Waals surface area contributed by atoms with E-state index in [1.807, 2.05) is 0 Å². The van der Waals surface area contributed by atoms with E-state index in [9.17, 15) is 13.9 Å². The maximum atomic E-state index is 11.7. The molecule has 0 amide bonds. The average Bonchev–Trinajstić information content (AvgIpc) is 2.05. The molecule has 0 heterocycles. The van der Waals surface area contributed by atoms with Crippen LogP contribution in [0, 0.1) is 4.91 Å². The summed E-state index contributed by atoms with van der Waals surface area (Å²) in [6.07, 6.45) is 0. The standard InChI is InChI=1S/C6H4F2N2O/c7-10(8)6-3-1-5(9-11)2-4-6/h1-4H. The first kappa shape index (κ1) is 7.59. The fourth-order valence-electron chi connectivity index (χ4n) is 0.626. The van der Waals surface area contributed by atoms with Crippen molar-refractivity contribution in [1.29, 1.82) is 0 Å². The lowest BCUT2D eigenvalue weighted by Gasteiger charge is -1.99. The Hall–Kier alpha value is -1.52. The van der Waals surface area contributed by atoms with Crippen LogP contribution < -0.4 is 5.34 Å². The zero-order valence-corrected chi connectivity index (χ0v) is 5.37. The van der Waals surface area contributed by atoms with Gasteiger partial charge in [0.1, 0.15) is 11.4 Å². The van der Waals surface area contributed by atoms with Gasteiger partial charge in [-0.05, 0) is 34.8 Å². The Kier molecular flexibility index (Phi) is 2.10. The topological polar surface area (TPSA) is 32.7 Å². The molecule has 58 valence electrons. The van der Waals surface area contributed by atoms with E-state index in [-0.39, 0.29) is 11.4 Å². The molecule has 0 aliphatic rings. The average molecular weight is 158 g/mol. The van der Waals surface area contributed by atoms with Crippen molar-refractivity contribution in [2.75, 3.05) is 5.34 Å². The first-order valence-electron chi connectivity index (χ1n) is 2.79. The van der Waals surface area contributed by atoms with Gasteiger partial charge in [-0.15, -0.1) is 4.91 Å². The Balaban J connectivity index is 2.91. The maximum Gasteiger partial charge on any atom is 0.108 e. The molecule has 0 radical (unpaired) electrons. The van der Waals surface area contributed by atoms with Gasteiger partial charge in [-0.2, -0.15) is 0 Å². The minimum Gasteiger partial charge on any atom is -0.145 e.